The number of nitrogens with one attached hydrogen (secondary N) is 2. The van der Waals surface area contributed by atoms with Gasteiger partial charge in [0, 0.05) is 12.4 Å². The number of aromatic nitrogens is 4. The van der Waals surface area contributed by atoms with E-state index in [9.17, 15) is 14.9 Å². The van der Waals surface area contributed by atoms with Crippen molar-refractivity contribution in [3.8, 4) is 0 Å². The van der Waals surface area contributed by atoms with Crippen molar-refractivity contribution in [2.45, 2.75) is 33.4 Å². The van der Waals surface area contributed by atoms with E-state index in [1.165, 1.54) is 4.68 Å². The molecule has 2 rings (SSSR count). The van der Waals surface area contributed by atoms with Crippen LogP contribution in [-0.2, 0) is 11.3 Å². The van der Waals surface area contributed by atoms with Crippen LogP contribution in [0.1, 0.15) is 30.2 Å². The van der Waals surface area contributed by atoms with E-state index in [1.54, 1.807) is 33.2 Å². The summed E-state index contributed by atoms with van der Waals surface area (Å²) < 4.78 is 1.33. The smallest absolute Gasteiger partial charge is 0.312 e. The summed E-state index contributed by atoms with van der Waals surface area (Å²) in [5, 5.41) is 17.7. The van der Waals surface area contributed by atoms with E-state index >= 15 is 0 Å². The van der Waals surface area contributed by atoms with Crippen molar-refractivity contribution in [2.24, 2.45) is 0 Å². The first-order valence-corrected chi connectivity index (χ1v) is 6.37. The molecular formula is C12H16N6O3. The summed E-state index contributed by atoms with van der Waals surface area (Å²) in [5.41, 5.74) is 0.601. The lowest BCUT2D eigenvalue weighted by Gasteiger charge is -2.11. The number of aryl methyl sites for hydroxylation is 1. The van der Waals surface area contributed by atoms with Gasteiger partial charge in [-0.15, -0.1) is 0 Å². The maximum atomic E-state index is 12.0. The van der Waals surface area contributed by atoms with Crippen LogP contribution in [0, 0.1) is 24.0 Å². The topological polar surface area (TPSA) is 119 Å². The molecule has 0 aliphatic heterocycles. The summed E-state index contributed by atoms with van der Waals surface area (Å²) in [5.74, 6) is 0.349. The summed E-state index contributed by atoms with van der Waals surface area (Å²) in [6.45, 7) is 4.83. The van der Waals surface area contributed by atoms with Crippen LogP contribution in [0.15, 0.2) is 12.4 Å². The van der Waals surface area contributed by atoms with Crippen LogP contribution in [0.5, 0.6) is 0 Å². The third-order valence-electron chi connectivity index (χ3n) is 3.13. The lowest BCUT2D eigenvalue weighted by Crippen LogP contribution is -2.31. The van der Waals surface area contributed by atoms with Crippen LogP contribution < -0.4 is 5.32 Å². The van der Waals surface area contributed by atoms with E-state index < -0.39 is 4.92 Å². The number of carbonyl (C=O) groups excluding carboxylic acids is 1. The molecule has 0 bridgehead atoms. The molecule has 2 N–H and O–H groups in total. The van der Waals surface area contributed by atoms with E-state index in [2.05, 4.69) is 20.4 Å². The Kier molecular flexibility index (Phi) is 4.01. The highest BCUT2D eigenvalue weighted by Crippen LogP contribution is 2.21. The molecule has 0 saturated carbocycles. The standard InChI is InChI=1S/C12H16N6O3/c1-7-11(18(20)21)9(3)17(16-7)6-10(19)15-8(2)12-13-4-5-14-12/h4-5,8H,6H2,1-3H3,(H,13,14)(H,15,19). The molecule has 2 aromatic heterocycles. The van der Waals surface area contributed by atoms with Gasteiger partial charge in [-0.2, -0.15) is 5.10 Å². The highest BCUT2D eigenvalue weighted by Gasteiger charge is 2.23. The van der Waals surface area contributed by atoms with Gasteiger partial charge >= 0.3 is 5.69 Å². The van der Waals surface area contributed by atoms with E-state index in [4.69, 9.17) is 0 Å². The zero-order chi connectivity index (χ0) is 15.6. The van der Waals surface area contributed by atoms with E-state index in [1.807, 2.05) is 0 Å². The van der Waals surface area contributed by atoms with Gasteiger partial charge in [0.2, 0.25) is 5.91 Å². The number of hydrogen-bond donors (Lipinski definition) is 2. The molecule has 9 heteroatoms. The summed E-state index contributed by atoms with van der Waals surface area (Å²) in [6.07, 6.45) is 3.27. The van der Waals surface area contributed by atoms with Gasteiger partial charge in [-0.1, -0.05) is 0 Å². The number of aromatic amines is 1. The van der Waals surface area contributed by atoms with Gasteiger partial charge in [-0.25, -0.2) is 4.98 Å². The SMILES string of the molecule is Cc1nn(CC(=O)NC(C)c2ncc[nH]2)c(C)c1[N+](=O)[O-]. The molecule has 2 aromatic rings. The van der Waals surface area contributed by atoms with Crippen LogP contribution in [0.3, 0.4) is 0 Å². The maximum absolute atomic E-state index is 12.0. The fourth-order valence-corrected chi connectivity index (χ4v) is 2.11. The maximum Gasteiger partial charge on any atom is 0.312 e. The Morgan fingerprint density at radius 2 is 2.29 bits per heavy atom. The Morgan fingerprint density at radius 3 is 2.81 bits per heavy atom. The molecule has 112 valence electrons. The second-order valence-electron chi connectivity index (χ2n) is 4.70. The summed E-state index contributed by atoms with van der Waals surface area (Å²) in [6, 6.07) is -0.278. The zero-order valence-corrected chi connectivity index (χ0v) is 12.0. The average molecular weight is 292 g/mol. The minimum absolute atomic E-state index is 0.0538. The molecule has 0 radical (unpaired) electrons. The number of hydrogen-bond acceptors (Lipinski definition) is 5. The van der Waals surface area contributed by atoms with Crippen molar-refractivity contribution in [1.82, 2.24) is 25.1 Å². The molecule has 1 unspecified atom stereocenters. The fraction of sp³-hybridized carbons (Fsp3) is 0.417. The second-order valence-corrected chi connectivity index (χ2v) is 4.70. The minimum Gasteiger partial charge on any atom is -0.347 e. The van der Waals surface area contributed by atoms with Crippen molar-refractivity contribution in [1.29, 1.82) is 0 Å². The third kappa shape index (κ3) is 3.07. The largest absolute Gasteiger partial charge is 0.347 e. The van der Waals surface area contributed by atoms with Crippen LogP contribution in [0.2, 0.25) is 0 Å². The average Bonchev–Trinajstić information content (AvgIpc) is 2.98. The van der Waals surface area contributed by atoms with Crippen LogP contribution >= 0.6 is 0 Å². The molecule has 0 spiro atoms. The molecule has 0 aliphatic carbocycles. The van der Waals surface area contributed by atoms with Gasteiger partial charge in [0.05, 0.1) is 11.0 Å². The first kappa shape index (κ1) is 14.7. The number of imidazole rings is 1. The van der Waals surface area contributed by atoms with Crippen molar-refractivity contribution < 1.29 is 9.72 Å². The second kappa shape index (κ2) is 5.73. The highest BCUT2D eigenvalue weighted by molar-refractivity contribution is 5.76. The van der Waals surface area contributed by atoms with Gasteiger partial charge in [0.15, 0.2) is 0 Å². The zero-order valence-electron chi connectivity index (χ0n) is 12.0. The number of rotatable bonds is 5. The first-order valence-electron chi connectivity index (χ1n) is 6.37. The molecule has 21 heavy (non-hydrogen) atoms. The van der Waals surface area contributed by atoms with Gasteiger partial charge in [-0.05, 0) is 20.8 Å². The number of amides is 1. The van der Waals surface area contributed by atoms with Gasteiger partial charge in [0.25, 0.3) is 0 Å². The normalized spacial score (nSPS) is 12.1. The van der Waals surface area contributed by atoms with Crippen LogP contribution in [0.4, 0.5) is 5.69 Å². The fourth-order valence-electron chi connectivity index (χ4n) is 2.11. The summed E-state index contributed by atoms with van der Waals surface area (Å²) >= 11 is 0. The van der Waals surface area contributed by atoms with Gasteiger partial charge in [-0.3, -0.25) is 19.6 Å². The van der Waals surface area contributed by atoms with Crippen LogP contribution in [-0.4, -0.2) is 30.6 Å². The molecule has 0 aliphatic rings. The van der Waals surface area contributed by atoms with Crippen LogP contribution in [0.25, 0.3) is 0 Å². The van der Waals surface area contributed by atoms with Crippen molar-refractivity contribution in [3.05, 3.63) is 39.7 Å². The Balaban J connectivity index is 2.07. The number of H-pyrrole nitrogens is 1. The Morgan fingerprint density at radius 1 is 1.57 bits per heavy atom. The molecule has 1 atom stereocenters. The molecule has 0 saturated heterocycles. The highest BCUT2D eigenvalue weighted by atomic mass is 16.6. The Hall–Kier alpha value is -2.71. The minimum atomic E-state index is -0.489. The molecule has 0 aromatic carbocycles. The lowest BCUT2D eigenvalue weighted by atomic mass is 10.3. The predicted molar refractivity (Wildman–Crippen MR) is 73.5 cm³/mol. The third-order valence-corrected chi connectivity index (χ3v) is 3.13. The number of nitro groups is 1. The van der Waals surface area contributed by atoms with E-state index in [-0.39, 0.29) is 24.2 Å². The summed E-state index contributed by atoms with van der Waals surface area (Å²) in [4.78, 5) is 29.4. The van der Waals surface area contributed by atoms with Crippen molar-refractivity contribution >= 4 is 11.6 Å². The van der Waals surface area contributed by atoms with E-state index in [0.717, 1.165) is 0 Å². The van der Waals surface area contributed by atoms with Crippen molar-refractivity contribution in [2.75, 3.05) is 0 Å². The Labute approximate surface area is 120 Å². The molecule has 9 nitrogen and oxygen atoms in total. The predicted octanol–water partition coefficient (Wildman–Crippen LogP) is 1.01. The molecule has 0 fully saturated rings. The quantitative estimate of drug-likeness (QED) is 0.629. The van der Waals surface area contributed by atoms with E-state index in [0.29, 0.717) is 17.2 Å². The summed E-state index contributed by atoms with van der Waals surface area (Å²) in [7, 11) is 0. The van der Waals surface area contributed by atoms with Gasteiger partial charge in [0.1, 0.15) is 23.8 Å². The molecule has 1 amide bonds. The van der Waals surface area contributed by atoms with Gasteiger partial charge < -0.3 is 10.3 Å². The monoisotopic (exact) mass is 292 g/mol. The number of nitrogens with zero attached hydrogens (tertiary/aromatic N) is 4. The Bertz CT molecular complexity index is 661. The molecule has 2 heterocycles. The molecular weight excluding hydrogens is 276 g/mol. The van der Waals surface area contributed by atoms with Crippen molar-refractivity contribution in [3.63, 3.8) is 0 Å². The number of carbonyl (C=O) groups is 1. The first-order chi connectivity index (χ1) is 9.90. The lowest BCUT2D eigenvalue weighted by molar-refractivity contribution is -0.386.